The molecule has 1 heterocycles. The average molecular weight is 406 g/mol. The highest BCUT2D eigenvalue weighted by Gasteiger charge is 2.22. The fourth-order valence-corrected chi connectivity index (χ4v) is 3.17. The largest absolute Gasteiger partial charge is 0.477 e. The number of halogens is 6. The first-order valence-corrected chi connectivity index (χ1v) is 7.44. The zero-order valence-corrected chi connectivity index (χ0v) is 14.3. The van der Waals surface area contributed by atoms with E-state index in [1.165, 1.54) is 12.1 Å². The van der Waals surface area contributed by atoms with E-state index in [4.69, 9.17) is 74.7 Å². The maximum absolute atomic E-state index is 10.9. The van der Waals surface area contributed by atoms with Crippen LogP contribution in [-0.4, -0.2) is 16.1 Å². The molecule has 1 N–H and O–H groups in total. The van der Waals surface area contributed by atoms with Gasteiger partial charge in [-0.05, 0) is 12.1 Å². The second-order valence-corrected chi connectivity index (χ2v) is 6.03. The summed E-state index contributed by atoms with van der Waals surface area (Å²) in [5.41, 5.74) is 0.298. The van der Waals surface area contributed by atoms with Gasteiger partial charge in [-0.15, -0.1) is 0 Å². The van der Waals surface area contributed by atoms with Crippen LogP contribution in [0.3, 0.4) is 0 Å². The zero-order chi connectivity index (χ0) is 15.9. The molecule has 0 fully saturated rings. The normalized spacial score (nSPS) is 10.8. The molecule has 1 aromatic carbocycles. The van der Waals surface area contributed by atoms with Crippen LogP contribution in [0.15, 0.2) is 12.1 Å². The molecule has 0 aliphatic carbocycles. The molecule has 0 atom stereocenters. The van der Waals surface area contributed by atoms with Gasteiger partial charge in [0.1, 0.15) is 10.8 Å². The van der Waals surface area contributed by atoms with Crippen LogP contribution in [0.1, 0.15) is 10.5 Å². The molecule has 0 unspecified atom stereocenters. The van der Waals surface area contributed by atoms with Gasteiger partial charge >= 0.3 is 5.97 Å². The van der Waals surface area contributed by atoms with E-state index in [9.17, 15) is 4.79 Å². The van der Waals surface area contributed by atoms with Crippen LogP contribution in [0, 0.1) is 0 Å². The number of pyridine rings is 1. The molecule has 0 radical (unpaired) electrons. The lowest BCUT2D eigenvalue weighted by atomic mass is 10.1. The minimum absolute atomic E-state index is 0.0149. The van der Waals surface area contributed by atoms with Gasteiger partial charge in [-0.1, -0.05) is 69.6 Å². The van der Waals surface area contributed by atoms with Gasteiger partial charge in [-0.25, -0.2) is 9.78 Å². The van der Waals surface area contributed by atoms with E-state index >= 15 is 0 Å². The Hall–Kier alpha value is -0.420. The lowest BCUT2D eigenvalue weighted by Gasteiger charge is -2.13. The summed E-state index contributed by atoms with van der Waals surface area (Å²) in [6, 6.07) is 2.67. The third-order valence-corrected chi connectivity index (χ3v) is 5.11. The monoisotopic (exact) mass is 403 g/mol. The van der Waals surface area contributed by atoms with Gasteiger partial charge in [0.05, 0.1) is 25.1 Å². The Balaban J connectivity index is 2.77. The molecular weight excluding hydrogens is 403 g/mol. The van der Waals surface area contributed by atoms with Crippen LogP contribution in [0.2, 0.25) is 30.3 Å². The lowest BCUT2D eigenvalue weighted by molar-refractivity contribution is 0.0690. The molecule has 9 heteroatoms. The van der Waals surface area contributed by atoms with Gasteiger partial charge in [0, 0.05) is 11.1 Å². The number of rotatable bonds is 2. The Labute approximate surface area is 149 Å². The Morgan fingerprint density at radius 1 is 0.857 bits per heavy atom. The summed E-state index contributed by atoms with van der Waals surface area (Å²) in [5, 5.41) is 8.90. The SMILES string of the molecule is O=C(O)c1ccc(-c2c(Cl)c(Cl)c(Cl)c(Cl)c2Cl)c(Cl)n1. The summed E-state index contributed by atoms with van der Waals surface area (Å²) in [5.74, 6) is -1.21. The molecule has 0 aliphatic rings. The number of hydrogen-bond acceptors (Lipinski definition) is 2. The number of benzene rings is 1. The predicted molar refractivity (Wildman–Crippen MR) is 86.7 cm³/mol. The van der Waals surface area contributed by atoms with Crippen LogP contribution in [0.25, 0.3) is 11.1 Å². The van der Waals surface area contributed by atoms with Crippen molar-refractivity contribution in [2.75, 3.05) is 0 Å². The van der Waals surface area contributed by atoms with E-state index < -0.39 is 5.97 Å². The van der Waals surface area contributed by atoms with Crippen LogP contribution < -0.4 is 0 Å². The summed E-state index contributed by atoms with van der Waals surface area (Å²) in [7, 11) is 0. The molecule has 0 amide bonds. The topological polar surface area (TPSA) is 50.2 Å². The molecule has 0 spiro atoms. The van der Waals surface area contributed by atoms with Crippen molar-refractivity contribution >= 4 is 75.6 Å². The lowest BCUT2D eigenvalue weighted by Crippen LogP contribution is -2.01. The molecule has 2 rings (SSSR count). The highest BCUT2D eigenvalue weighted by Crippen LogP contribution is 2.49. The van der Waals surface area contributed by atoms with Crippen LogP contribution in [-0.2, 0) is 0 Å². The fourth-order valence-electron chi connectivity index (χ4n) is 1.58. The highest BCUT2D eigenvalue weighted by molar-refractivity contribution is 6.56. The highest BCUT2D eigenvalue weighted by atomic mass is 35.5. The standard InChI is InChI=1S/C12H3Cl6NO2/c13-6-5(7(14)9(16)10(17)8(6)15)3-1-2-4(12(20)21)19-11(3)18/h1-2H,(H,20,21). The summed E-state index contributed by atoms with van der Waals surface area (Å²) in [6.07, 6.45) is 0. The Morgan fingerprint density at radius 3 is 1.76 bits per heavy atom. The van der Waals surface area contributed by atoms with E-state index in [0.717, 1.165) is 0 Å². The number of aromatic carboxylic acids is 1. The Kier molecular flexibility index (Phi) is 5.14. The smallest absolute Gasteiger partial charge is 0.354 e. The zero-order valence-electron chi connectivity index (χ0n) is 9.73. The molecular formula is C12H3Cl6NO2. The van der Waals surface area contributed by atoms with Crippen molar-refractivity contribution in [2.45, 2.75) is 0 Å². The van der Waals surface area contributed by atoms with Crippen molar-refractivity contribution in [3.63, 3.8) is 0 Å². The summed E-state index contributed by atoms with van der Waals surface area (Å²) >= 11 is 36.1. The van der Waals surface area contributed by atoms with Crippen molar-refractivity contribution in [2.24, 2.45) is 0 Å². The molecule has 0 saturated heterocycles. The molecule has 0 saturated carbocycles. The number of hydrogen-bond donors (Lipinski definition) is 1. The third kappa shape index (κ3) is 3.04. The quantitative estimate of drug-likeness (QED) is 0.359. The maximum Gasteiger partial charge on any atom is 0.354 e. The first kappa shape index (κ1) is 16.9. The van der Waals surface area contributed by atoms with Gasteiger partial charge in [0.15, 0.2) is 0 Å². The first-order chi connectivity index (χ1) is 9.75. The number of carboxylic acid groups (broad SMARTS) is 1. The average Bonchev–Trinajstić information content (AvgIpc) is 2.44. The minimum atomic E-state index is -1.21. The van der Waals surface area contributed by atoms with Crippen molar-refractivity contribution in [3.05, 3.63) is 48.1 Å². The summed E-state index contributed by atoms with van der Waals surface area (Å²) < 4.78 is 0. The van der Waals surface area contributed by atoms with E-state index in [2.05, 4.69) is 4.98 Å². The van der Waals surface area contributed by atoms with Gasteiger partial charge in [-0.2, -0.15) is 0 Å². The van der Waals surface area contributed by atoms with Crippen LogP contribution >= 0.6 is 69.6 Å². The number of nitrogens with zero attached hydrogens (tertiary/aromatic N) is 1. The fraction of sp³-hybridized carbons (Fsp3) is 0. The van der Waals surface area contributed by atoms with E-state index in [1.807, 2.05) is 0 Å². The van der Waals surface area contributed by atoms with E-state index in [1.54, 1.807) is 0 Å². The third-order valence-electron chi connectivity index (χ3n) is 2.55. The van der Waals surface area contributed by atoms with Crippen molar-refractivity contribution in [3.8, 4) is 11.1 Å². The summed E-state index contributed by atoms with van der Waals surface area (Å²) in [4.78, 5) is 14.6. The van der Waals surface area contributed by atoms with E-state index in [0.29, 0.717) is 0 Å². The van der Waals surface area contributed by atoms with Gasteiger partial charge < -0.3 is 5.11 Å². The molecule has 3 nitrogen and oxygen atoms in total. The number of aromatic nitrogens is 1. The number of carboxylic acids is 1. The predicted octanol–water partition coefficient (Wildman–Crippen LogP) is 6.37. The summed E-state index contributed by atoms with van der Waals surface area (Å²) in [6.45, 7) is 0. The molecule has 21 heavy (non-hydrogen) atoms. The molecule has 110 valence electrons. The number of carbonyl (C=O) groups is 1. The van der Waals surface area contributed by atoms with Gasteiger partial charge in [0.2, 0.25) is 0 Å². The second-order valence-electron chi connectivity index (χ2n) is 3.78. The van der Waals surface area contributed by atoms with Crippen molar-refractivity contribution in [1.82, 2.24) is 4.98 Å². The molecule has 0 aliphatic heterocycles. The molecule has 0 bridgehead atoms. The van der Waals surface area contributed by atoms with Crippen LogP contribution in [0.4, 0.5) is 0 Å². The molecule has 2 aromatic rings. The maximum atomic E-state index is 10.9. The first-order valence-electron chi connectivity index (χ1n) is 5.17. The van der Waals surface area contributed by atoms with Crippen molar-refractivity contribution < 1.29 is 9.90 Å². The van der Waals surface area contributed by atoms with Crippen LogP contribution in [0.5, 0.6) is 0 Å². The van der Waals surface area contributed by atoms with Crippen molar-refractivity contribution in [1.29, 1.82) is 0 Å². The molecule has 1 aromatic heterocycles. The van der Waals surface area contributed by atoms with Gasteiger partial charge in [-0.3, -0.25) is 0 Å². The minimum Gasteiger partial charge on any atom is -0.477 e. The van der Waals surface area contributed by atoms with E-state index in [-0.39, 0.29) is 47.1 Å². The Bertz CT molecular complexity index is 733. The van der Waals surface area contributed by atoms with Gasteiger partial charge in [0.25, 0.3) is 0 Å². The second kappa shape index (κ2) is 6.37. The Morgan fingerprint density at radius 2 is 1.33 bits per heavy atom.